The molecule has 0 spiro atoms. The van der Waals surface area contributed by atoms with E-state index in [0.29, 0.717) is 5.82 Å². The van der Waals surface area contributed by atoms with E-state index in [0.717, 1.165) is 19.3 Å². The van der Waals surface area contributed by atoms with E-state index in [2.05, 4.69) is 21.2 Å². The fourth-order valence-corrected chi connectivity index (χ4v) is 2.13. The van der Waals surface area contributed by atoms with Crippen LogP contribution < -0.4 is 5.32 Å². The molecule has 1 aromatic heterocycles. The molecule has 2 amide bonds. The maximum atomic E-state index is 12.0. The van der Waals surface area contributed by atoms with Crippen molar-refractivity contribution in [3.63, 3.8) is 0 Å². The summed E-state index contributed by atoms with van der Waals surface area (Å²) in [5, 5.41) is 11.8. The van der Waals surface area contributed by atoms with Gasteiger partial charge in [-0.2, -0.15) is 0 Å². The molecule has 0 unspecified atom stereocenters. The van der Waals surface area contributed by atoms with Crippen LogP contribution in [-0.2, 0) is 5.54 Å². The van der Waals surface area contributed by atoms with Crippen LogP contribution >= 0.6 is 0 Å². The molecule has 1 aliphatic carbocycles. The van der Waals surface area contributed by atoms with Crippen molar-refractivity contribution < 1.29 is 14.7 Å². The monoisotopic (exact) mass is 276 g/mol. The molecule has 1 aliphatic rings. The average Bonchev–Trinajstić information content (AvgIpc) is 2.83. The molecule has 7 nitrogen and oxygen atoms in total. The minimum Gasteiger partial charge on any atom is -0.477 e. The quantitative estimate of drug-likeness (QED) is 0.707. The maximum Gasteiger partial charge on any atom is 0.353 e. The molecule has 0 aromatic carbocycles. The minimum absolute atomic E-state index is 0.0116. The number of terminal acetylenes is 1. The predicted molar refractivity (Wildman–Crippen MR) is 71.1 cm³/mol. The van der Waals surface area contributed by atoms with Crippen molar-refractivity contribution in [1.29, 1.82) is 0 Å². The molecule has 1 heterocycles. The van der Waals surface area contributed by atoms with Crippen molar-refractivity contribution in [2.75, 3.05) is 13.6 Å². The summed E-state index contributed by atoms with van der Waals surface area (Å²) in [6, 6.07) is -0.295. The summed E-state index contributed by atoms with van der Waals surface area (Å²) < 4.78 is 0. The van der Waals surface area contributed by atoms with Gasteiger partial charge in [0.1, 0.15) is 11.5 Å². The van der Waals surface area contributed by atoms with Crippen LogP contribution in [-0.4, -0.2) is 45.6 Å². The number of hydrogen-bond donors (Lipinski definition) is 3. The number of nitrogens with one attached hydrogen (secondary N) is 2. The Hall–Kier alpha value is -2.49. The van der Waals surface area contributed by atoms with Crippen LogP contribution in [0.2, 0.25) is 0 Å². The lowest BCUT2D eigenvalue weighted by Crippen LogP contribution is -2.54. The highest BCUT2D eigenvalue weighted by Crippen LogP contribution is 2.39. The zero-order chi connectivity index (χ0) is 14.8. The Bertz CT molecular complexity index is 568. The van der Waals surface area contributed by atoms with Crippen LogP contribution in [0.5, 0.6) is 0 Å². The number of imidazole rings is 1. The first-order valence-corrected chi connectivity index (χ1v) is 6.24. The van der Waals surface area contributed by atoms with Crippen LogP contribution in [0.15, 0.2) is 6.20 Å². The van der Waals surface area contributed by atoms with Gasteiger partial charge in [0.15, 0.2) is 0 Å². The van der Waals surface area contributed by atoms with Gasteiger partial charge < -0.3 is 20.3 Å². The van der Waals surface area contributed by atoms with E-state index in [1.165, 1.54) is 11.1 Å². The Morgan fingerprint density at radius 1 is 1.65 bits per heavy atom. The van der Waals surface area contributed by atoms with Gasteiger partial charge in [-0.3, -0.25) is 0 Å². The Kier molecular flexibility index (Phi) is 3.66. The number of carbonyl (C=O) groups excluding carboxylic acids is 1. The van der Waals surface area contributed by atoms with Crippen LogP contribution in [0.25, 0.3) is 0 Å². The molecule has 3 N–H and O–H groups in total. The molecule has 1 saturated carbocycles. The van der Waals surface area contributed by atoms with Crippen molar-refractivity contribution in [2.24, 2.45) is 0 Å². The van der Waals surface area contributed by atoms with Crippen molar-refractivity contribution in [1.82, 2.24) is 20.2 Å². The number of carboxylic acid groups (broad SMARTS) is 1. The standard InChI is InChI=1S/C13H16N4O3/c1-3-7-17(2)12(20)16-13(5-4-6-13)11-14-8-9(15-11)10(18)19/h1,8H,4-7H2,2H3,(H,14,15)(H,16,20)(H,18,19). The topological polar surface area (TPSA) is 98.3 Å². The Labute approximate surface area is 116 Å². The molecule has 0 saturated heterocycles. The van der Waals surface area contributed by atoms with Crippen molar-refractivity contribution >= 4 is 12.0 Å². The van der Waals surface area contributed by atoms with Crippen LogP contribution in [0, 0.1) is 12.3 Å². The molecule has 1 fully saturated rings. The highest BCUT2D eigenvalue weighted by Gasteiger charge is 2.43. The number of nitrogens with zero attached hydrogens (tertiary/aromatic N) is 2. The first-order chi connectivity index (χ1) is 9.48. The van der Waals surface area contributed by atoms with E-state index in [9.17, 15) is 9.59 Å². The largest absolute Gasteiger partial charge is 0.477 e. The summed E-state index contributed by atoms with van der Waals surface area (Å²) in [4.78, 5) is 31.1. The summed E-state index contributed by atoms with van der Waals surface area (Å²) in [5.74, 6) is 1.79. The molecule has 0 radical (unpaired) electrons. The Morgan fingerprint density at radius 2 is 2.35 bits per heavy atom. The van der Waals surface area contributed by atoms with Crippen LogP contribution in [0.4, 0.5) is 4.79 Å². The molecule has 0 bridgehead atoms. The first-order valence-electron chi connectivity index (χ1n) is 6.24. The Morgan fingerprint density at radius 3 is 2.80 bits per heavy atom. The molecule has 2 rings (SSSR count). The number of aromatic nitrogens is 2. The van der Waals surface area contributed by atoms with Crippen molar-refractivity contribution in [3.05, 3.63) is 17.7 Å². The zero-order valence-electron chi connectivity index (χ0n) is 11.1. The lowest BCUT2D eigenvalue weighted by molar-refractivity contribution is 0.0690. The van der Waals surface area contributed by atoms with Gasteiger partial charge in [0.2, 0.25) is 0 Å². The van der Waals surface area contributed by atoms with Gasteiger partial charge in [0, 0.05) is 7.05 Å². The van der Waals surface area contributed by atoms with E-state index in [4.69, 9.17) is 11.5 Å². The number of rotatable bonds is 4. The second kappa shape index (κ2) is 5.25. The second-order valence-corrected chi connectivity index (χ2v) is 4.88. The summed E-state index contributed by atoms with van der Waals surface area (Å²) in [7, 11) is 1.60. The smallest absolute Gasteiger partial charge is 0.353 e. The SMILES string of the molecule is C#CCN(C)C(=O)NC1(c2ncc(C(=O)O)[nH]2)CCC1. The lowest BCUT2D eigenvalue weighted by Gasteiger charge is -2.41. The number of carboxylic acids is 1. The lowest BCUT2D eigenvalue weighted by atomic mass is 9.76. The molecule has 0 aliphatic heterocycles. The van der Waals surface area contributed by atoms with Gasteiger partial charge in [-0.25, -0.2) is 14.6 Å². The van der Waals surface area contributed by atoms with E-state index in [-0.39, 0.29) is 18.3 Å². The number of aromatic amines is 1. The van der Waals surface area contributed by atoms with Gasteiger partial charge in [-0.15, -0.1) is 6.42 Å². The van der Waals surface area contributed by atoms with Crippen LogP contribution in [0.1, 0.15) is 35.6 Å². The number of amides is 2. The van der Waals surface area contributed by atoms with Crippen molar-refractivity contribution in [2.45, 2.75) is 24.8 Å². The molecular weight excluding hydrogens is 260 g/mol. The van der Waals surface area contributed by atoms with E-state index < -0.39 is 11.5 Å². The number of hydrogen-bond acceptors (Lipinski definition) is 3. The summed E-state index contributed by atoms with van der Waals surface area (Å²) >= 11 is 0. The highest BCUT2D eigenvalue weighted by molar-refractivity contribution is 5.85. The summed E-state index contributed by atoms with van der Waals surface area (Å²) in [6.45, 7) is 0.209. The van der Waals surface area contributed by atoms with Crippen molar-refractivity contribution in [3.8, 4) is 12.3 Å². The average molecular weight is 276 g/mol. The van der Waals surface area contributed by atoms with Gasteiger partial charge in [-0.05, 0) is 19.3 Å². The van der Waals surface area contributed by atoms with Gasteiger partial charge in [0.05, 0.1) is 18.3 Å². The normalized spacial score (nSPS) is 15.8. The van der Waals surface area contributed by atoms with Gasteiger partial charge in [0.25, 0.3) is 0 Å². The Balaban J connectivity index is 2.15. The maximum absolute atomic E-state index is 12.0. The van der Waals surface area contributed by atoms with Crippen LogP contribution in [0.3, 0.4) is 0 Å². The van der Waals surface area contributed by atoms with E-state index in [1.54, 1.807) is 7.05 Å². The predicted octanol–water partition coefficient (Wildman–Crippen LogP) is 0.762. The fourth-order valence-electron chi connectivity index (χ4n) is 2.13. The molecule has 0 atom stereocenters. The zero-order valence-corrected chi connectivity index (χ0v) is 11.1. The van der Waals surface area contributed by atoms with Gasteiger partial charge in [-0.1, -0.05) is 5.92 Å². The van der Waals surface area contributed by atoms with E-state index in [1.807, 2.05) is 0 Å². The molecule has 106 valence electrons. The van der Waals surface area contributed by atoms with Gasteiger partial charge >= 0.3 is 12.0 Å². The summed E-state index contributed by atoms with van der Waals surface area (Å²) in [6.07, 6.45) is 8.81. The number of aromatic carboxylic acids is 1. The second-order valence-electron chi connectivity index (χ2n) is 4.88. The highest BCUT2D eigenvalue weighted by atomic mass is 16.4. The third-order valence-corrected chi connectivity index (χ3v) is 3.49. The summed E-state index contributed by atoms with van der Waals surface area (Å²) in [5.41, 5.74) is -0.606. The third-order valence-electron chi connectivity index (χ3n) is 3.49. The number of carbonyl (C=O) groups is 2. The van der Waals surface area contributed by atoms with E-state index >= 15 is 0 Å². The molecule has 1 aromatic rings. The number of urea groups is 1. The minimum atomic E-state index is -1.08. The first kappa shape index (κ1) is 13.9. The third kappa shape index (κ3) is 2.45. The fraction of sp³-hybridized carbons (Fsp3) is 0.462. The number of H-pyrrole nitrogens is 1. The molecule has 20 heavy (non-hydrogen) atoms. The molecule has 7 heteroatoms. The molecular formula is C13H16N4O3.